The summed E-state index contributed by atoms with van der Waals surface area (Å²) in [4.78, 5) is 32.1. The number of rotatable bonds is 12. The highest BCUT2D eigenvalue weighted by Gasteiger charge is 2.42. The summed E-state index contributed by atoms with van der Waals surface area (Å²) in [7, 11) is 0. The van der Waals surface area contributed by atoms with Crippen LogP contribution in [0.25, 0.3) is 6.08 Å². The monoisotopic (exact) mass is 485 g/mol. The number of aryl methyl sites for hydroxylation is 1. The van der Waals surface area contributed by atoms with Crippen LogP contribution in [0.5, 0.6) is 5.75 Å². The van der Waals surface area contributed by atoms with Crippen molar-refractivity contribution < 1.29 is 19.4 Å². The molecule has 1 aliphatic rings. The number of allylic oxidation sites excluding steroid dienone is 1. The fourth-order valence-corrected chi connectivity index (χ4v) is 4.26. The average Bonchev–Trinajstić information content (AvgIpc) is 3.50. The van der Waals surface area contributed by atoms with Crippen LogP contribution in [0.15, 0.2) is 90.7 Å². The number of aliphatic hydroxyl groups excluding tert-OH is 1. The summed E-state index contributed by atoms with van der Waals surface area (Å²) in [6, 6.07) is 16.2. The summed E-state index contributed by atoms with van der Waals surface area (Å²) in [6.07, 6.45) is 11.0. The summed E-state index contributed by atoms with van der Waals surface area (Å²) in [5.41, 5.74) is 1.66. The van der Waals surface area contributed by atoms with Crippen LogP contribution in [0.3, 0.4) is 0 Å². The van der Waals surface area contributed by atoms with Gasteiger partial charge in [-0.15, -0.1) is 0 Å². The minimum atomic E-state index is -0.706. The van der Waals surface area contributed by atoms with E-state index in [4.69, 9.17) is 4.74 Å². The van der Waals surface area contributed by atoms with Crippen molar-refractivity contribution in [3.05, 3.63) is 102 Å². The van der Waals surface area contributed by atoms with Crippen molar-refractivity contribution in [3.8, 4) is 5.75 Å². The number of amides is 1. The third-order valence-corrected chi connectivity index (χ3v) is 6.11. The van der Waals surface area contributed by atoms with E-state index < -0.39 is 23.5 Å². The van der Waals surface area contributed by atoms with E-state index in [2.05, 4.69) is 11.9 Å². The maximum atomic E-state index is 13.3. The first kappa shape index (κ1) is 25.0. The number of aromatic nitrogens is 2. The van der Waals surface area contributed by atoms with Crippen molar-refractivity contribution in [2.24, 2.45) is 0 Å². The highest BCUT2D eigenvalue weighted by molar-refractivity contribution is 6.14. The van der Waals surface area contributed by atoms with Gasteiger partial charge in [0.15, 0.2) is 11.5 Å². The molecule has 2 aromatic carbocycles. The Morgan fingerprint density at radius 1 is 1.11 bits per heavy atom. The lowest BCUT2D eigenvalue weighted by molar-refractivity contribution is -0.129. The van der Waals surface area contributed by atoms with Crippen molar-refractivity contribution in [2.45, 2.75) is 38.8 Å². The van der Waals surface area contributed by atoms with Gasteiger partial charge in [0.05, 0.1) is 24.5 Å². The smallest absolute Gasteiger partial charge is 0.290 e. The van der Waals surface area contributed by atoms with Crippen LogP contribution in [-0.2, 0) is 16.1 Å². The fraction of sp³-hybridized carbons (Fsp3) is 0.276. The molecule has 0 radical (unpaired) electrons. The summed E-state index contributed by atoms with van der Waals surface area (Å²) in [5, 5.41) is 10.8. The number of unbranched alkanes of at least 4 members (excludes halogenated alkanes) is 1. The molecule has 0 saturated heterocycles. The molecule has 1 aliphatic heterocycles. The number of carbonyl (C=O) groups is 2. The van der Waals surface area contributed by atoms with E-state index in [0.29, 0.717) is 31.9 Å². The van der Waals surface area contributed by atoms with Crippen LogP contribution in [0.1, 0.15) is 43.4 Å². The van der Waals surface area contributed by atoms with Gasteiger partial charge in [-0.2, -0.15) is 0 Å². The minimum Gasteiger partial charge on any atom is -0.503 e. The Hall–Kier alpha value is -4.13. The predicted molar refractivity (Wildman–Crippen MR) is 138 cm³/mol. The molecule has 36 heavy (non-hydrogen) atoms. The van der Waals surface area contributed by atoms with Gasteiger partial charge >= 0.3 is 0 Å². The van der Waals surface area contributed by atoms with E-state index in [0.717, 1.165) is 24.0 Å². The number of ether oxygens (including phenoxy) is 1. The minimum absolute atomic E-state index is 0.0838. The number of hydrogen-bond acceptors (Lipinski definition) is 5. The first-order valence-corrected chi connectivity index (χ1v) is 12.3. The lowest BCUT2D eigenvalue weighted by atomic mass is 9.95. The Balaban J connectivity index is 1.62. The molecule has 0 fully saturated rings. The SMILES string of the molecule is CCCCOc1cccc(C2C(C(=O)/C=C/c3ccccc3)=C(O)C(=O)N2CCCn2ccnc2)c1. The topological polar surface area (TPSA) is 84.7 Å². The second kappa shape index (κ2) is 12.0. The summed E-state index contributed by atoms with van der Waals surface area (Å²) >= 11 is 0. The standard InChI is InChI=1S/C29H31N3O4/c1-2-3-19-36-24-12-7-11-23(20-24)27-26(25(33)14-13-22-9-5-4-6-10-22)28(34)29(35)32(27)17-8-16-31-18-15-30-21-31/h4-7,9-15,18,20-21,27,34H,2-3,8,16-17,19H2,1H3/b14-13+. The average molecular weight is 486 g/mol. The van der Waals surface area contributed by atoms with E-state index >= 15 is 0 Å². The van der Waals surface area contributed by atoms with Crippen molar-refractivity contribution in [1.82, 2.24) is 14.5 Å². The molecule has 7 nitrogen and oxygen atoms in total. The molecule has 3 aromatic rings. The van der Waals surface area contributed by atoms with Crippen LogP contribution in [0.4, 0.5) is 0 Å². The van der Waals surface area contributed by atoms with Gasteiger partial charge < -0.3 is 19.3 Å². The lowest BCUT2D eigenvalue weighted by Crippen LogP contribution is -2.32. The fourth-order valence-electron chi connectivity index (χ4n) is 4.26. The zero-order valence-corrected chi connectivity index (χ0v) is 20.4. The van der Waals surface area contributed by atoms with E-state index in [1.54, 1.807) is 23.5 Å². The van der Waals surface area contributed by atoms with Gasteiger partial charge in [-0.1, -0.05) is 61.9 Å². The molecule has 1 N–H and O–H groups in total. The molecule has 1 aromatic heterocycles. The van der Waals surface area contributed by atoms with Crippen LogP contribution >= 0.6 is 0 Å². The van der Waals surface area contributed by atoms with Crippen molar-refractivity contribution in [3.63, 3.8) is 0 Å². The highest BCUT2D eigenvalue weighted by atomic mass is 16.5. The number of aliphatic hydroxyl groups is 1. The second-order valence-corrected chi connectivity index (χ2v) is 8.70. The Morgan fingerprint density at radius 3 is 2.69 bits per heavy atom. The van der Waals surface area contributed by atoms with Gasteiger partial charge in [0.2, 0.25) is 0 Å². The Morgan fingerprint density at radius 2 is 1.94 bits per heavy atom. The number of hydrogen-bond donors (Lipinski definition) is 1. The number of imidazole rings is 1. The molecule has 1 amide bonds. The van der Waals surface area contributed by atoms with Gasteiger partial charge in [0, 0.05) is 25.5 Å². The Bertz CT molecular complexity index is 1230. The first-order chi connectivity index (χ1) is 17.6. The molecule has 0 saturated carbocycles. The number of nitrogens with zero attached hydrogens (tertiary/aromatic N) is 3. The first-order valence-electron chi connectivity index (χ1n) is 12.3. The summed E-state index contributed by atoms with van der Waals surface area (Å²) in [6.45, 7) is 3.71. The van der Waals surface area contributed by atoms with E-state index in [9.17, 15) is 14.7 Å². The molecule has 186 valence electrons. The zero-order chi connectivity index (χ0) is 25.3. The van der Waals surface area contributed by atoms with Crippen molar-refractivity contribution in [2.75, 3.05) is 13.2 Å². The number of carbonyl (C=O) groups excluding carboxylic acids is 2. The van der Waals surface area contributed by atoms with Crippen LogP contribution in [-0.4, -0.2) is 44.4 Å². The largest absolute Gasteiger partial charge is 0.503 e. The number of ketones is 1. The second-order valence-electron chi connectivity index (χ2n) is 8.70. The lowest BCUT2D eigenvalue weighted by Gasteiger charge is -2.27. The molecule has 0 spiro atoms. The molecule has 0 aliphatic carbocycles. The van der Waals surface area contributed by atoms with Crippen molar-refractivity contribution in [1.29, 1.82) is 0 Å². The molecule has 0 bridgehead atoms. The van der Waals surface area contributed by atoms with Crippen LogP contribution in [0, 0.1) is 0 Å². The Labute approximate surface area is 211 Å². The molecule has 1 unspecified atom stereocenters. The molecule has 2 heterocycles. The summed E-state index contributed by atoms with van der Waals surface area (Å²) < 4.78 is 7.81. The highest BCUT2D eigenvalue weighted by Crippen LogP contribution is 2.39. The van der Waals surface area contributed by atoms with Gasteiger partial charge in [0.25, 0.3) is 5.91 Å². The van der Waals surface area contributed by atoms with Gasteiger partial charge in [-0.25, -0.2) is 4.98 Å². The van der Waals surface area contributed by atoms with Gasteiger partial charge in [-0.3, -0.25) is 9.59 Å². The third kappa shape index (κ3) is 5.92. The molecule has 1 atom stereocenters. The predicted octanol–water partition coefficient (Wildman–Crippen LogP) is 5.13. The quantitative estimate of drug-likeness (QED) is 0.284. The number of benzene rings is 2. The maximum absolute atomic E-state index is 13.3. The zero-order valence-electron chi connectivity index (χ0n) is 20.4. The Kier molecular flexibility index (Phi) is 8.34. The summed E-state index contributed by atoms with van der Waals surface area (Å²) in [5.74, 6) is -0.768. The van der Waals surface area contributed by atoms with Gasteiger partial charge in [-0.05, 0) is 42.2 Å². The molecular weight excluding hydrogens is 454 g/mol. The molecule has 7 heteroatoms. The van der Waals surface area contributed by atoms with E-state index in [1.165, 1.54) is 6.08 Å². The molecule has 4 rings (SSSR count). The molecular formula is C29H31N3O4. The van der Waals surface area contributed by atoms with Crippen molar-refractivity contribution >= 4 is 17.8 Å². The van der Waals surface area contributed by atoms with E-state index in [1.807, 2.05) is 65.4 Å². The normalized spacial score (nSPS) is 15.8. The third-order valence-electron chi connectivity index (χ3n) is 6.11. The van der Waals surface area contributed by atoms with Crippen LogP contribution < -0.4 is 4.74 Å². The van der Waals surface area contributed by atoms with Gasteiger partial charge in [0.1, 0.15) is 5.75 Å². The van der Waals surface area contributed by atoms with Crippen LogP contribution in [0.2, 0.25) is 0 Å². The van der Waals surface area contributed by atoms with E-state index in [-0.39, 0.29) is 5.57 Å². The maximum Gasteiger partial charge on any atom is 0.290 e.